The third-order valence-electron chi connectivity index (χ3n) is 9.17. The van der Waals surface area contributed by atoms with Crippen LogP contribution in [0.4, 0.5) is 0 Å². The van der Waals surface area contributed by atoms with Gasteiger partial charge in [0.05, 0.1) is 6.16 Å². The van der Waals surface area contributed by atoms with Crippen LogP contribution in [0, 0.1) is 0 Å². The van der Waals surface area contributed by atoms with E-state index < -0.39 is 23.8 Å². The van der Waals surface area contributed by atoms with Crippen LogP contribution in [0.15, 0.2) is 0 Å². The first-order valence-corrected chi connectivity index (χ1v) is 26.8. The average molecular weight is 858 g/mol. The molecular formula is C39H88CuO9P3+3. The van der Waals surface area contributed by atoms with Crippen LogP contribution < -0.4 is 9.79 Å². The van der Waals surface area contributed by atoms with Gasteiger partial charge in [0.15, 0.2) is 0 Å². The molecule has 0 aromatic heterocycles. The Morgan fingerprint density at radius 2 is 0.423 bits per heavy atom. The molecule has 0 rings (SSSR count). The molecule has 0 aromatic rings. The molecule has 13 heteroatoms. The molecule has 0 aliphatic rings. The van der Waals surface area contributed by atoms with E-state index >= 15 is 0 Å². The van der Waals surface area contributed by atoms with Crippen molar-refractivity contribution in [3.63, 3.8) is 0 Å². The van der Waals surface area contributed by atoms with Crippen LogP contribution in [-0.2, 0) is 17.1 Å². The summed E-state index contributed by atoms with van der Waals surface area (Å²) < 4.78 is 0. The molecule has 0 atom stereocenters. The third-order valence-corrected chi connectivity index (χ3v) is 11.9. The normalized spacial score (nSPS) is 11.8. The third kappa shape index (κ3) is 69.4. The molecule has 1 radical (unpaired) electrons. The van der Waals surface area contributed by atoms with Gasteiger partial charge in [-0.05, 0) is 38.5 Å². The Kier molecular flexibility index (Phi) is 52.2. The van der Waals surface area contributed by atoms with Crippen LogP contribution in [0.1, 0.15) is 233 Å². The molecule has 0 aromatic carbocycles. The molecule has 0 spiro atoms. The predicted molar refractivity (Wildman–Crippen MR) is 220 cm³/mol. The first kappa shape index (κ1) is 60.1. The van der Waals surface area contributed by atoms with E-state index in [9.17, 15) is 9.79 Å². The van der Waals surface area contributed by atoms with Crippen molar-refractivity contribution in [2.24, 2.45) is 0 Å². The van der Waals surface area contributed by atoms with E-state index in [1.807, 2.05) is 0 Å². The summed E-state index contributed by atoms with van der Waals surface area (Å²) >= 11 is 0. The van der Waals surface area contributed by atoms with Crippen molar-refractivity contribution in [2.75, 3.05) is 18.5 Å². The van der Waals surface area contributed by atoms with Crippen molar-refractivity contribution in [3.8, 4) is 0 Å². The SMILES string of the molecule is CCCCCCCCCCCCC[P+](O)(O)O.CCCCCCCCCCCCC[P+](O)(O)O.CCCCCCCCCCCCC[P+]([O-])([O-])O.[Cu+2]. The number of hydrogen-bond acceptors (Lipinski definition) is 9. The van der Waals surface area contributed by atoms with Crippen molar-refractivity contribution >= 4 is 23.8 Å². The standard InChI is InChI=1S/2C13H30O3P.C13H29O3P.Cu/c3*1-2-3-4-5-6-7-8-9-10-11-12-13-17(14,15)16;/h2*14-16H,2-13H2,1H3;2-13H2,1H3,(H2,14,15,16);/q2*+1;;+2/p-1. The van der Waals surface area contributed by atoms with Crippen LogP contribution in [0.2, 0.25) is 0 Å². The van der Waals surface area contributed by atoms with Crippen molar-refractivity contribution < 1.29 is 61.1 Å². The first-order valence-electron chi connectivity index (χ1n) is 21.3. The molecule has 0 heterocycles. The molecule has 0 saturated carbocycles. The molecule has 52 heavy (non-hydrogen) atoms. The van der Waals surface area contributed by atoms with Crippen LogP contribution in [-0.4, -0.2) is 52.7 Å². The molecule has 0 fully saturated rings. The van der Waals surface area contributed by atoms with Gasteiger partial charge in [-0.2, -0.15) is 29.4 Å². The van der Waals surface area contributed by atoms with Gasteiger partial charge in [0, 0.05) is 7.94 Å². The van der Waals surface area contributed by atoms with Crippen LogP contribution >= 0.6 is 23.8 Å². The summed E-state index contributed by atoms with van der Waals surface area (Å²) in [5.41, 5.74) is 0. The average Bonchev–Trinajstić information content (AvgIpc) is 3.04. The van der Waals surface area contributed by atoms with Crippen molar-refractivity contribution in [2.45, 2.75) is 233 Å². The minimum atomic E-state index is -3.99. The maximum atomic E-state index is 10.5. The Balaban J connectivity index is -0.000000329. The van der Waals surface area contributed by atoms with Gasteiger partial charge in [-0.1, -0.05) is 194 Å². The van der Waals surface area contributed by atoms with Gasteiger partial charge in [-0.3, -0.25) is 4.89 Å². The maximum absolute atomic E-state index is 10.5. The van der Waals surface area contributed by atoms with E-state index in [0.717, 1.165) is 51.4 Å². The molecule has 0 unspecified atom stereocenters. The summed E-state index contributed by atoms with van der Waals surface area (Å²) in [7, 11) is -11.0. The smallest absolute Gasteiger partial charge is 0.660 e. The van der Waals surface area contributed by atoms with Crippen LogP contribution in [0.25, 0.3) is 0 Å². The van der Waals surface area contributed by atoms with Gasteiger partial charge in [0.1, 0.15) is 12.3 Å². The first-order chi connectivity index (χ1) is 24.2. The fourth-order valence-electron chi connectivity index (χ4n) is 5.95. The molecule has 7 N–H and O–H groups in total. The molecule has 0 aliphatic heterocycles. The van der Waals surface area contributed by atoms with Crippen LogP contribution in [0.3, 0.4) is 0 Å². The van der Waals surface area contributed by atoms with E-state index in [2.05, 4.69) is 20.8 Å². The minimum absolute atomic E-state index is 0. The molecule has 9 nitrogen and oxygen atoms in total. The second kappa shape index (κ2) is 45.2. The fraction of sp³-hybridized carbons (Fsp3) is 1.00. The molecule has 0 saturated heterocycles. The van der Waals surface area contributed by atoms with Gasteiger partial charge in [-0.15, -0.1) is 0 Å². The summed E-state index contributed by atoms with van der Waals surface area (Å²) in [5, 5.41) is 0. The van der Waals surface area contributed by atoms with Crippen molar-refractivity contribution in [3.05, 3.63) is 0 Å². The van der Waals surface area contributed by atoms with Gasteiger partial charge in [0.25, 0.3) is 0 Å². The zero-order valence-corrected chi connectivity index (χ0v) is 37.7. The second-order valence-electron chi connectivity index (χ2n) is 14.8. The number of hydrogen-bond donors (Lipinski definition) is 7. The fourth-order valence-corrected chi connectivity index (χ4v) is 7.87. The van der Waals surface area contributed by atoms with E-state index in [1.165, 1.54) is 154 Å². The Labute approximate surface area is 334 Å². The van der Waals surface area contributed by atoms with Crippen molar-refractivity contribution in [1.82, 2.24) is 0 Å². The molecular weight excluding hydrogens is 769 g/mol. The maximum Gasteiger partial charge on any atom is 2.00 e. The summed E-state index contributed by atoms with van der Waals surface area (Å²) in [6, 6.07) is 0. The van der Waals surface area contributed by atoms with E-state index in [1.54, 1.807) is 0 Å². The molecule has 321 valence electrons. The van der Waals surface area contributed by atoms with Gasteiger partial charge >= 0.3 is 33.0 Å². The Bertz CT molecular complexity index is 564. The molecule has 0 amide bonds. The second-order valence-corrected chi connectivity index (χ2v) is 20.2. The van der Waals surface area contributed by atoms with Crippen molar-refractivity contribution in [1.29, 1.82) is 0 Å². The number of unbranched alkanes of at least 4 members (excludes halogenated alkanes) is 30. The van der Waals surface area contributed by atoms with Gasteiger partial charge < -0.3 is 9.79 Å². The van der Waals surface area contributed by atoms with E-state index in [4.69, 9.17) is 34.3 Å². The monoisotopic (exact) mass is 856 g/mol. The van der Waals surface area contributed by atoms with Crippen LogP contribution in [0.5, 0.6) is 0 Å². The Morgan fingerprint density at radius 3 is 0.577 bits per heavy atom. The number of rotatable bonds is 36. The minimum Gasteiger partial charge on any atom is -0.660 e. The topological polar surface area (TPSA) is 188 Å². The Morgan fingerprint density at radius 1 is 0.269 bits per heavy atom. The largest absolute Gasteiger partial charge is 2.00 e. The molecule has 0 aliphatic carbocycles. The Hall–Kier alpha value is 1.45. The van der Waals surface area contributed by atoms with E-state index in [0.29, 0.717) is 6.42 Å². The summed E-state index contributed by atoms with van der Waals surface area (Å²) in [6.07, 6.45) is 40.5. The molecule has 0 bridgehead atoms. The predicted octanol–water partition coefficient (Wildman–Crippen LogP) is 10.8. The summed E-state index contributed by atoms with van der Waals surface area (Å²) in [5.74, 6) is 0. The zero-order valence-electron chi connectivity index (χ0n) is 34.0. The van der Waals surface area contributed by atoms with Gasteiger partial charge in [-0.25, -0.2) is 0 Å². The van der Waals surface area contributed by atoms with Gasteiger partial charge in [0.2, 0.25) is 0 Å². The zero-order chi connectivity index (χ0) is 39.0. The van der Waals surface area contributed by atoms with E-state index in [-0.39, 0.29) is 35.6 Å². The quantitative estimate of drug-likeness (QED) is 0.0183. The summed E-state index contributed by atoms with van der Waals surface area (Å²) in [6.45, 7) is 6.71. The summed E-state index contributed by atoms with van der Waals surface area (Å²) in [4.78, 5) is 82.2.